The van der Waals surface area contributed by atoms with E-state index in [1.54, 1.807) is 0 Å². The van der Waals surface area contributed by atoms with Crippen LogP contribution in [0.1, 0.15) is 12.5 Å². The summed E-state index contributed by atoms with van der Waals surface area (Å²) in [4.78, 5) is 13.4. The van der Waals surface area contributed by atoms with Gasteiger partial charge in [-0.1, -0.05) is 11.6 Å². The van der Waals surface area contributed by atoms with Gasteiger partial charge in [0, 0.05) is 5.56 Å². The van der Waals surface area contributed by atoms with Crippen molar-refractivity contribution in [3.05, 3.63) is 52.8 Å². The van der Waals surface area contributed by atoms with Gasteiger partial charge < -0.3 is 19.7 Å². The van der Waals surface area contributed by atoms with Gasteiger partial charge in [0.05, 0.1) is 17.8 Å². The van der Waals surface area contributed by atoms with E-state index >= 15 is 0 Å². The summed E-state index contributed by atoms with van der Waals surface area (Å²) in [5.41, 5.74) is 1.44. The van der Waals surface area contributed by atoms with E-state index < -0.39 is 5.82 Å². The number of benzene rings is 2. The minimum Gasteiger partial charge on any atom is -0.454 e. The van der Waals surface area contributed by atoms with Crippen LogP contribution in [0.2, 0.25) is 5.02 Å². The number of hydrogen-bond donors (Lipinski definition) is 2. The predicted molar refractivity (Wildman–Crippen MR) is 92.7 cm³/mol. The lowest BCUT2D eigenvalue weighted by atomic mass is 10.1. The number of carbonyl (C=O) groups is 1. The number of fused-ring (bicyclic) bond motifs is 1. The van der Waals surface area contributed by atoms with Gasteiger partial charge in [-0.2, -0.15) is 0 Å². The zero-order valence-electron chi connectivity index (χ0n) is 13.9. The van der Waals surface area contributed by atoms with Crippen molar-refractivity contribution in [1.29, 1.82) is 0 Å². The standard InChI is InChI=1S/C18H18ClFN2O3/c1-11(18(23)21-15-5-4-13(20)8-14(15)19)22(2)9-12-3-6-16-17(7-12)25-10-24-16/h3-8,11H,9-10H2,1-2H3,(H,21,23)/p+1/t11-/m1/s1. The van der Waals surface area contributed by atoms with Gasteiger partial charge in [-0.05, 0) is 43.3 Å². The van der Waals surface area contributed by atoms with Crippen molar-refractivity contribution in [2.24, 2.45) is 0 Å². The molecule has 0 radical (unpaired) electrons. The fourth-order valence-corrected chi connectivity index (χ4v) is 2.80. The molecule has 0 saturated heterocycles. The van der Waals surface area contributed by atoms with Gasteiger partial charge in [-0.15, -0.1) is 0 Å². The molecular weight excluding hydrogens is 347 g/mol. The van der Waals surface area contributed by atoms with Gasteiger partial charge >= 0.3 is 0 Å². The number of amides is 1. The Morgan fingerprint density at radius 2 is 2.04 bits per heavy atom. The van der Waals surface area contributed by atoms with Crippen LogP contribution in [-0.4, -0.2) is 25.8 Å². The maximum Gasteiger partial charge on any atom is 0.282 e. The van der Waals surface area contributed by atoms with Crippen LogP contribution in [0.25, 0.3) is 0 Å². The van der Waals surface area contributed by atoms with Crippen LogP contribution in [0.4, 0.5) is 10.1 Å². The first-order valence-corrected chi connectivity index (χ1v) is 8.28. The monoisotopic (exact) mass is 365 g/mol. The van der Waals surface area contributed by atoms with E-state index in [2.05, 4.69) is 5.32 Å². The molecule has 1 unspecified atom stereocenters. The van der Waals surface area contributed by atoms with Gasteiger partial charge in [0.25, 0.3) is 5.91 Å². The Kier molecular flexibility index (Phi) is 5.11. The number of likely N-dealkylation sites (N-methyl/N-ethyl adjacent to an activating group) is 1. The molecule has 0 aliphatic carbocycles. The molecule has 1 aliphatic heterocycles. The van der Waals surface area contributed by atoms with Crippen LogP contribution in [-0.2, 0) is 11.3 Å². The van der Waals surface area contributed by atoms with Crippen molar-refractivity contribution in [3.8, 4) is 11.5 Å². The predicted octanol–water partition coefficient (Wildman–Crippen LogP) is 2.25. The smallest absolute Gasteiger partial charge is 0.282 e. The van der Waals surface area contributed by atoms with Gasteiger partial charge in [-0.3, -0.25) is 4.79 Å². The molecule has 3 rings (SSSR count). The zero-order valence-corrected chi connectivity index (χ0v) is 14.7. The average molecular weight is 366 g/mol. The van der Waals surface area contributed by atoms with E-state index in [4.69, 9.17) is 21.1 Å². The number of rotatable bonds is 5. The number of nitrogens with one attached hydrogen (secondary N) is 2. The molecule has 2 aromatic carbocycles. The molecule has 132 valence electrons. The summed E-state index contributed by atoms with van der Waals surface area (Å²) in [6, 6.07) is 9.31. The summed E-state index contributed by atoms with van der Waals surface area (Å²) in [6.45, 7) is 2.70. The molecule has 2 aromatic rings. The highest BCUT2D eigenvalue weighted by molar-refractivity contribution is 6.33. The lowest BCUT2D eigenvalue weighted by Crippen LogP contribution is -3.12. The maximum absolute atomic E-state index is 13.1. The highest BCUT2D eigenvalue weighted by Crippen LogP contribution is 2.32. The second-order valence-corrected chi connectivity index (χ2v) is 6.45. The molecule has 0 aromatic heterocycles. The summed E-state index contributed by atoms with van der Waals surface area (Å²) in [6.07, 6.45) is 0. The lowest BCUT2D eigenvalue weighted by molar-refractivity contribution is -0.907. The summed E-state index contributed by atoms with van der Waals surface area (Å²) >= 11 is 5.95. The van der Waals surface area contributed by atoms with Gasteiger partial charge in [0.2, 0.25) is 6.79 Å². The fraction of sp³-hybridized carbons (Fsp3) is 0.278. The molecule has 0 saturated carbocycles. The SMILES string of the molecule is C[C@H](C(=O)Nc1ccc(F)cc1Cl)[NH+](C)Cc1ccc2c(c1)OCO2. The Labute approximate surface area is 150 Å². The van der Waals surface area contributed by atoms with Crippen molar-refractivity contribution in [3.63, 3.8) is 0 Å². The largest absolute Gasteiger partial charge is 0.454 e. The van der Waals surface area contributed by atoms with E-state index in [-0.39, 0.29) is 23.8 Å². The number of ether oxygens (including phenoxy) is 2. The molecule has 7 heteroatoms. The fourth-order valence-electron chi connectivity index (χ4n) is 2.58. The van der Waals surface area contributed by atoms with Gasteiger partial charge in [0.15, 0.2) is 17.5 Å². The van der Waals surface area contributed by atoms with E-state index in [1.165, 1.54) is 18.2 Å². The van der Waals surface area contributed by atoms with Crippen LogP contribution in [0.5, 0.6) is 11.5 Å². The quantitative estimate of drug-likeness (QED) is 0.854. The van der Waals surface area contributed by atoms with Crippen LogP contribution >= 0.6 is 11.6 Å². The van der Waals surface area contributed by atoms with E-state index in [9.17, 15) is 9.18 Å². The third-order valence-electron chi connectivity index (χ3n) is 4.24. The first-order chi connectivity index (χ1) is 11.9. The molecule has 2 atom stereocenters. The zero-order chi connectivity index (χ0) is 18.0. The van der Waals surface area contributed by atoms with Crippen molar-refractivity contribution >= 4 is 23.2 Å². The number of hydrogen-bond acceptors (Lipinski definition) is 3. The average Bonchev–Trinajstić information content (AvgIpc) is 3.04. The highest BCUT2D eigenvalue weighted by atomic mass is 35.5. The number of carbonyl (C=O) groups excluding carboxylic acids is 1. The molecule has 1 amide bonds. The van der Waals surface area contributed by atoms with E-state index in [0.717, 1.165) is 22.0 Å². The second kappa shape index (κ2) is 7.29. The molecule has 1 aliphatic rings. The van der Waals surface area contributed by atoms with Crippen LogP contribution in [0.3, 0.4) is 0 Å². The number of quaternary nitrogens is 1. The first-order valence-electron chi connectivity index (χ1n) is 7.91. The molecule has 25 heavy (non-hydrogen) atoms. The first kappa shape index (κ1) is 17.5. The Morgan fingerprint density at radius 3 is 2.80 bits per heavy atom. The highest BCUT2D eigenvalue weighted by Gasteiger charge is 2.23. The Hall–Kier alpha value is -2.31. The van der Waals surface area contributed by atoms with Crippen LogP contribution in [0.15, 0.2) is 36.4 Å². The van der Waals surface area contributed by atoms with Crippen molar-refractivity contribution < 1.29 is 23.6 Å². The normalized spacial score (nSPS) is 14.9. The molecule has 0 fully saturated rings. The summed E-state index contributed by atoms with van der Waals surface area (Å²) < 4.78 is 23.8. The Balaban J connectivity index is 1.63. The third kappa shape index (κ3) is 4.03. The Morgan fingerprint density at radius 1 is 1.28 bits per heavy atom. The molecule has 0 spiro atoms. The van der Waals surface area contributed by atoms with Crippen molar-refractivity contribution in [2.75, 3.05) is 19.2 Å². The van der Waals surface area contributed by atoms with Gasteiger partial charge in [-0.25, -0.2) is 4.39 Å². The lowest BCUT2D eigenvalue weighted by Gasteiger charge is -2.21. The molecule has 0 bridgehead atoms. The third-order valence-corrected chi connectivity index (χ3v) is 4.55. The van der Waals surface area contributed by atoms with Crippen molar-refractivity contribution in [1.82, 2.24) is 0 Å². The summed E-state index contributed by atoms with van der Waals surface area (Å²) in [7, 11) is 1.93. The molecule has 5 nitrogen and oxygen atoms in total. The summed E-state index contributed by atoms with van der Waals surface area (Å²) in [5.74, 6) is 0.826. The molecule has 1 heterocycles. The van der Waals surface area contributed by atoms with Gasteiger partial charge in [0.1, 0.15) is 12.4 Å². The molecular formula is C18H19ClFN2O3+. The minimum absolute atomic E-state index is 0.175. The van der Waals surface area contributed by atoms with Crippen molar-refractivity contribution in [2.45, 2.75) is 19.5 Å². The molecule has 2 N–H and O–H groups in total. The minimum atomic E-state index is -0.443. The van der Waals surface area contributed by atoms with Crippen LogP contribution < -0.4 is 19.7 Å². The van der Waals surface area contributed by atoms with Crippen LogP contribution in [0, 0.1) is 5.82 Å². The summed E-state index contributed by atoms with van der Waals surface area (Å²) in [5, 5.41) is 2.92. The van der Waals surface area contributed by atoms with E-state index in [0.29, 0.717) is 12.2 Å². The topological polar surface area (TPSA) is 52.0 Å². The maximum atomic E-state index is 13.1. The Bertz CT molecular complexity index is 800. The number of anilines is 1. The number of halogens is 2. The van der Waals surface area contributed by atoms with E-state index in [1.807, 2.05) is 32.2 Å². The second-order valence-electron chi connectivity index (χ2n) is 6.05.